The quantitative estimate of drug-likeness (QED) is 0.308. The van der Waals surface area contributed by atoms with Crippen LogP contribution in [0.25, 0.3) is 0 Å². The molecular formula is C19H26Cl2N4O6. The second-order valence-electron chi connectivity index (χ2n) is 6.89. The summed E-state index contributed by atoms with van der Waals surface area (Å²) in [6, 6.07) is 5.29. The summed E-state index contributed by atoms with van der Waals surface area (Å²) >= 11 is 12.5. The normalized spacial score (nSPS) is 20.3. The average Bonchev–Trinajstić information content (AvgIpc) is 3.35. The van der Waals surface area contributed by atoms with Crippen LogP contribution in [0.2, 0.25) is 10.0 Å². The number of rotatable bonds is 10. The van der Waals surface area contributed by atoms with Crippen molar-refractivity contribution in [1.82, 2.24) is 14.8 Å². The first-order chi connectivity index (χ1) is 14.9. The van der Waals surface area contributed by atoms with Crippen molar-refractivity contribution in [2.75, 3.05) is 19.8 Å². The van der Waals surface area contributed by atoms with Gasteiger partial charge in [0.2, 0.25) is 5.79 Å². The Hall–Kier alpha value is -1.98. The predicted octanol–water partition coefficient (Wildman–Crippen LogP) is 4.10. The van der Waals surface area contributed by atoms with Gasteiger partial charge in [0.25, 0.3) is 5.09 Å². The van der Waals surface area contributed by atoms with Crippen LogP contribution in [0.3, 0.4) is 0 Å². The zero-order chi connectivity index (χ0) is 22.7. The molecule has 2 heterocycles. The Balaban J connectivity index is 0.000000785. The molecule has 0 unspecified atom stereocenters. The summed E-state index contributed by atoms with van der Waals surface area (Å²) in [6.07, 6.45) is 7.63. The summed E-state index contributed by atoms with van der Waals surface area (Å²) in [4.78, 5) is 12.4. The molecule has 1 aromatic carbocycles. The molecule has 31 heavy (non-hydrogen) atoms. The van der Waals surface area contributed by atoms with Gasteiger partial charge >= 0.3 is 0 Å². The largest absolute Gasteiger partial charge is 0.379 e. The van der Waals surface area contributed by atoms with E-state index >= 15 is 0 Å². The Morgan fingerprint density at radius 3 is 2.81 bits per heavy atom. The Bertz CT molecular complexity index is 807. The molecule has 0 aliphatic carbocycles. The van der Waals surface area contributed by atoms with E-state index in [1.165, 1.54) is 25.6 Å². The van der Waals surface area contributed by atoms with Gasteiger partial charge in [-0.2, -0.15) is 5.10 Å². The maximum Gasteiger partial charge on any atom is 0.291 e. The number of unbranched alkanes of at least 4 members (excludes halogenated alkanes) is 3. The van der Waals surface area contributed by atoms with Gasteiger partial charge in [0.15, 0.2) is 0 Å². The van der Waals surface area contributed by atoms with Crippen LogP contribution in [0.5, 0.6) is 0 Å². The van der Waals surface area contributed by atoms with Crippen LogP contribution >= 0.6 is 23.2 Å². The maximum atomic E-state index is 8.36. The highest BCUT2D eigenvalue weighted by Gasteiger charge is 2.45. The average molecular weight is 477 g/mol. The van der Waals surface area contributed by atoms with Gasteiger partial charge < -0.3 is 19.4 Å². The fourth-order valence-corrected chi connectivity index (χ4v) is 3.68. The molecule has 1 fully saturated rings. The highest BCUT2D eigenvalue weighted by molar-refractivity contribution is 6.35. The van der Waals surface area contributed by atoms with Gasteiger partial charge in [-0.3, -0.25) is 0 Å². The lowest BCUT2D eigenvalue weighted by molar-refractivity contribution is -0.742. The minimum Gasteiger partial charge on any atom is -0.379 e. The van der Waals surface area contributed by atoms with Crippen molar-refractivity contribution in [3.05, 3.63) is 56.6 Å². The SMILES string of the molecule is CCCCCCOC[C@@H]1CO[C@@](Cn2cncn2)(c2ccc(Cl)cc2Cl)O1.O=[N+]([O-])O. The van der Waals surface area contributed by atoms with Crippen molar-refractivity contribution in [2.45, 2.75) is 51.0 Å². The number of hydrogen-bond acceptors (Lipinski definition) is 7. The monoisotopic (exact) mass is 476 g/mol. The molecule has 1 saturated heterocycles. The lowest BCUT2D eigenvalue weighted by Gasteiger charge is -2.29. The molecule has 1 aliphatic rings. The van der Waals surface area contributed by atoms with Crippen molar-refractivity contribution >= 4 is 23.2 Å². The fraction of sp³-hybridized carbons (Fsp3) is 0.579. The Morgan fingerprint density at radius 1 is 1.39 bits per heavy atom. The van der Waals surface area contributed by atoms with Gasteiger partial charge in [-0.1, -0.05) is 55.5 Å². The van der Waals surface area contributed by atoms with Crippen molar-refractivity contribution in [3.63, 3.8) is 0 Å². The summed E-state index contributed by atoms with van der Waals surface area (Å²) < 4.78 is 19.9. The summed E-state index contributed by atoms with van der Waals surface area (Å²) in [6.45, 7) is 4.17. The number of nitrogens with zero attached hydrogens (tertiary/aromatic N) is 4. The zero-order valence-corrected chi connectivity index (χ0v) is 18.7. The van der Waals surface area contributed by atoms with Crippen LogP contribution in [0.15, 0.2) is 30.9 Å². The standard InChI is InChI=1S/C19H25Cl2N3O3.HNO3/c1-2-3-4-5-8-25-10-16-11-26-19(27-16,12-24-14-22-13-23-24)17-7-6-15(20)9-18(17)21;2-1(3)4/h6-7,9,13-14,16H,2-5,8,10-12H2,1H3;(H,2,3,4)/t16-,19-;/m1./s1. The highest BCUT2D eigenvalue weighted by atomic mass is 35.5. The number of hydrogen-bond donors (Lipinski definition) is 1. The molecule has 0 radical (unpaired) electrons. The van der Waals surface area contributed by atoms with Crippen LogP contribution in [-0.4, -0.2) is 51.0 Å². The topological polar surface area (TPSA) is 122 Å². The van der Waals surface area contributed by atoms with Crippen molar-refractivity contribution in [3.8, 4) is 0 Å². The third-order valence-electron chi connectivity index (χ3n) is 4.48. The maximum absolute atomic E-state index is 8.36. The second-order valence-corrected chi connectivity index (χ2v) is 7.74. The van der Waals surface area contributed by atoms with E-state index in [0.717, 1.165) is 18.6 Å². The molecule has 0 amide bonds. The first kappa shape index (κ1) is 25.3. The summed E-state index contributed by atoms with van der Waals surface area (Å²) in [7, 11) is 0. The number of ether oxygens (including phenoxy) is 3. The molecule has 1 N–H and O–H groups in total. The predicted molar refractivity (Wildman–Crippen MR) is 113 cm³/mol. The summed E-state index contributed by atoms with van der Waals surface area (Å²) in [5.74, 6) is -1.05. The van der Waals surface area contributed by atoms with Crippen molar-refractivity contribution in [1.29, 1.82) is 0 Å². The molecule has 1 aromatic heterocycles. The second kappa shape index (κ2) is 12.8. The lowest BCUT2D eigenvalue weighted by atomic mass is 10.1. The van der Waals surface area contributed by atoms with Gasteiger partial charge in [-0.25, -0.2) is 9.67 Å². The van der Waals surface area contributed by atoms with Crippen LogP contribution in [-0.2, 0) is 26.5 Å². The van der Waals surface area contributed by atoms with E-state index in [4.69, 9.17) is 52.7 Å². The number of aromatic nitrogens is 3. The number of halogens is 2. The minimum absolute atomic E-state index is 0.175. The molecule has 0 bridgehead atoms. The molecule has 3 rings (SSSR count). The van der Waals surface area contributed by atoms with Gasteiger partial charge in [-0.05, 0) is 18.6 Å². The first-order valence-electron chi connectivity index (χ1n) is 9.87. The third kappa shape index (κ3) is 8.23. The van der Waals surface area contributed by atoms with E-state index in [2.05, 4.69) is 17.0 Å². The lowest BCUT2D eigenvalue weighted by Crippen LogP contribution is -2.35. The molecule has 2 atom stereocenters. The van der Waals surface area contributed by atoms with E-state index in [-0.39, 0.29) is 6.10 Å². The van der Waals surface area contributed by atoms with E-state index in [9.17, 15) is 0 Å². The van der Waals surface area contributed by atoms with Crippen LogP contribution < -0.4 is 0 Å². The van der Waals surface area contributed by atoms with Gasteiger partial charge in [0, 0.05) is 17.2 Å². The Kier molecular flexibility index (Phi) is 10.4. The minimum atomic E-state index is -1.50. The molecule has 10 nitrogen and oxygen atoms in total. The molecule has 12 heteroatoms. The molecule has 1 aliphatic heterocycles. The van der Waals surface area contributed by atoms with E-state index in [1.54, 1.807) is 23.1 Å². The third-order valence-corrected chi connectivity index (χ3v) is 5.03. The van der Waals surface area contributed by atoms with Gasteiger partial charge in [-0.15, -0.1) is 10.1 Å². The van der Waals surface area contributed by atoms with Crippen LogP contribution in [0.4, 0.5) is 0 Å². The van der Waals surface area contributed by atoms with Gasteiger partial charge in [0.1, 0.15) is 25.3 Å². The van der Waals surface area contributed by atoms with Crippen molar-refractivity contribution in [2.24, 2.45) is 0 Å². The fourth-order valence-electron chi connectivity index (χ4n) is 3.13. The number of benzene rings is 1. The Labute approximate surface area is 190 Å². The zero-order valence-electron chi connectivity index (χ0n) is 17.2. The van der Waals surface area contributed by atoms with E-state index < -0.39 is 10.9 Å². The first-order valence-corrected chi connectivity index (χ1v) is 10.6. The molecular weight excluding hydrogens is 451 g/mol. The molecule has 172 valence electrons. The van der Waals surface area contributed by atoms with Crippen LogP contribution in [0.1, 0.15) is 38.2 Å². The summed E-state index contributed by atoms with van der Waals surface area (Å²) in [5, 5.41) is 18.9. The van der Waals surface area contributed by atoms with Crippen LogP contribution in [0, 0.1) is 10.1 Å². The van der Waals surface area contributed by atoms with E-state index in [0.29, 0.717) is 29.8 Å². The Morgan fingerprint density at radius 2 is 2.16 bits per heavy atom. The van der Waals surface area contributed by atoms with Gasteiger partial charge in [0.05, 0.1) is 18.2 Å². The molecule has 0 saturated carbocycles. The molecule has 2 aromatic rings. The summed E-state index contributed by atoms with van der Waals surface area (Å²) in [5.41, 5.74) is 0.717. The van der Waals surface area contributed by atoms with E-state index in [1.807, 2.05) is 6.07 Å². The van der Waals surface area contributed by atoms with Crippen molar-refractivity contribution < 1.29 is 24.5 Å². The molecule has 0 spiro atoms. The smallest absolute Gasteiger partial charge is 0.291 e. The highest BCUT2D eigenvalue weighted by Crippen LogP contribution is 2.40.